The van der Waals surface area contributed by atoms with E-state index in [4.69, 9.17) is 0 Å². The predicted molar refractivity (Wildman–Crippen MR) is 129 cm³/mol. The van der Waals surface area contributed by atoms with Crippen LogP contribution in [0.15, 0.2) is 67.3 Å². The third kappa shape index (κ3) is 5.65. The van der Waals surface area contributed by atoms with Gasteiger partial charge in [0.15, 0.2) is 11.6 Å². The molecule has 0 N–H and O–H groups in total. The minimum Gasteiger partial charge on any atom is -0.204 e. The number of aryl methyl sites for hydroxylation is 1. The van der Waals surface area contributed by atoms with E-state index in [1.54, 1.807) is 24.3 Å². The van der Waals surface area contributed by atoms with E-state index in [1.165, 1.54) is 44.1 Å². The second kappa shape index (κ2) is 10.6. The molecule has 0 bridgehead atoms. The Morgan fingerprint density at radius 3 is 2.19 bits per heavy atom. The summed E-state index contributed by atoms with van der Waals surface area (Å²) < 4.78 is 27.2. The van der Waals surface area contributed by atoms with Crippen molar-refractivity contribution in [3.63, 3.8) is 0 Å². The van der Waals surface area contributed by atoms with Crippen LogP contribution >= 0.6 is 0 Å². The van der Waals surface area contributed by atoms with Gasteiger partial charge in [0, 0.05) is 16.5 Å². The van der Waals surface area contributed by atoms with Crippen molar-refractivity contribution in [1.82, 2.24) is 0 Å². The predicted octanol–water partition coefficient (Wildman–Crippen LogP) is 8.22. The van der Waals surface area contributed by atoms with Crippen LogP contribution in [0.1, 0.15) is 61.6 Å². The molecule has 4 rings (SSSR count). The second-order valence-electron chi connectivity index (χ2n) is 9.04. The Bertz CT molecular complexity index is 1120. The van der Waals surface area contributed by atoms with Crippen LogP contribution in [-0.2, 0) is 6.42 Å². The largest absolute Gasteiger partial charge is 0.204 e. The molecular formula is C30H30F2. The fourth-order valence-corrected chi connectivity index (χ4v) is 4.78. The summed E-state index contributed by atoms with van der Waals surface area (Å²) in [5, 5.41) is 0.936. The SMILES string of the molecule is C=CCCC1CCC(CCc2ccc(C#Cc3ccc4c(F)c(F)ccc4c3)cc2)CC1. The van der Waals surface area contributed by atoms with E-state index in [0.717, 1.165) is 41.9 Å². The summed E-state index contributed by atoms with van der Waals surface area (Å²) >= 11 is 0. The van der Waals surface area contributed by atoms with E-state index in [1.807, 2.05) is 6.08 Å². The van der Waals surface area contributed by atoms with E-state index in [2.05, 4.69) is 42.7 Å². The minimum atomic E-state index is -0.826. The number of halogens is 2. The van der Waals surface area contributed by atoms with Crippen LogP contribution in [0.2, 0.25) is 0 Å². The molecule has 0 atom stereocenters. The molecule has 164 valence electrons. The third-order valence-electron chi connectivity index (χ3n) is 6.80. The Hall–Kier alpha value is -2.92. The Kier molecular flexibility index (Phi) is 7.38. The maximum Gasteiger partial charge on any atom is 0.166 e. The molecule has 1 fully saturated rings. The standard InChI is InChI=1S/C30H30F2/c1-2-3-4-22-5-7-23(8-6-22)9-10-24-11-13-25(14-12-24)15-16-26-17-19-28-27(21-26)18-20-29(31)30(28)32/h2,11-14,17-23H,1,3-10H2. The zero-order chi connectivity index (χ0) is 22.3. The molecule has 0 unspecified atom stereocenters. The van der Waals surface area contributed by atoms with Crippen LogP contribution < -0.4 is 0 Å². The first kappa shape index (κ1) is 22.3. The molecule has 1 saturated carbocycles. The number of benzene rings is 3. The third-order valence-corrected chi connectivity index (χ3v) is 6.80. The van der Waals surface area contributed by atoms with Crippen LogP contribution in [0.25, 0.3) is 10.8 Å². The smallest absolute Gasteiger partial charge is 0.166 e. The normalized spacial score (nSPS) is 18.2. The van der Waals surface area contributed by atoms with Gasteiger partial charge in [0.1, 0.15) is 0 Å². The lowest BCUT2D eigenvalue weighted by molar-refractivity contribution is 0.254. The molecule has 1 aliphatic rings. The summed E-state index contributed by atoms with van der Waals surface area (Å²) in [4.78, 5) is 0. The van der Waals surface area contributed by atoms with Gasteiger partial charge >= 0.3 is 0 Å². The quantitative estimate of drug-likeness (QED) is 0.274. The van der Waals surface area contributed by atoms with Gasteiger partial charge in [-0.1, -0.05) is 67.9 Å². The lowest BCUT2D eigenvalue weighted by Gasteiger charge is -2.28. The molecule has 1 aliphatic carbocycles. The molecule has 0 saturated heterocycles. The molecule has 0 radical (unpaired) electrons. The first-order valence-corrected chi connectivity index (χ1v) is 11.7. The maximum absolute atomic E-state index is 13.8. The van der Waals surface area contributed by atoms with Crippen LogP contribution in [-0.4, -0.2) is 0 Å². The van der Waals surface area contributed by atoms with Crippen molar-refractivity contribution in [2.24, 2.45) is 11.8 Å². The van der Waals surface area contributed by atoms with Gasteiger partial charge in [-0.3, -0.25) is 0 Å². The van der Waals surface area contributed by atoms with Crippen molar-refractivity contribution in [2.45, 2.75) is 51.4 Å². The summed E-state index contributed by atoms with van der Waals surface area (Å²) in [6.07, 6.45) is 12.4. The van der Waals surface area contributed by atoms with Crippen LogP contribution in [0.5, 0.6) is 0 Å². The number of fused-ring (bicyclic) bond motifs is 1. The lowest BCUT2D eigenvalue weighted by Crippen LogP contribution is -2.15. The number of rotatable bonds is 6. The van der Waals surface area contributed by atoms with Crippen molar-refractivity contribution in [1.29, 1.82) is 0 Å². The zero-order valence-corrected chi connectivity index (χ0v) is 18.5. The summed E-state index contributed by atoms with van der Waals surface area (Å²) in [6, 6.07) is 16.4. The zero-order valence-electron chi connectivity index (χ0n) is 18.5. The first-order valence-electron chi connectivity index (χ1n) is 11.7. The van der Waals surface area contributed by atoms with Gasteiger partial charge in [-0.05, 0) is 78.8 Å². The number of hydrogen-bond acceptors (Lipinski definition) is 0. The maximum atomic E-state index is 13.8. The van der Waals surface area contributed by atoms with Gasteiger partial charge in [0.2, 0.25) is 0 Å². The van der Waals surface area contributed by atoms with Gasteiger partial charge in [-0.25, -0.2) is 8.78 Å². The summed E-state index contributed by atoms with van der Waals surface area (Å²) in [5.41, 5.74) is 3.12. The van der Waals surface area contributed by atoms with Crippen molar-refractivity contribution < 1.29 is 8.78 Å². The topological polar surface area (TPSA) is 0 Å². The number of allylic oxidation sites excluding steroid dienone is 1. The fraction of sp³-hybridized carbons (Fsp3) is 0.333. The Morgan fingerprint density at radius 2 is 1.47 bits per heavy atom. The van der Waals surface area contributed by atoms with Crippen molar-refractivity contribution >= 4 is 10.8 Å². The second-order valence-corrected chi connectivity index (χ2v) is 9.04. The van der Waals surface area contributed by atoms with Crippen LogP contribution in [0, 0.1) is 35.3 Å². The molecule has 0 aromatic heterocycles. The molecule has 3 aromatic carbocycles. The molecule has 3 aromatic rings. The van der Waals surface area contributed by atoms with E-state index in [-0.39, 0.29) is 5.39 Å². The summed E-state index contributed by atoms with van der Waals surface area (Å²) in [5.74, 6) is 6.45. The van der Waals surface area contributed by atoms with Crippen molar-refractivity contribution in [2.75, 3.05) is 0 Å². The Morgan fingerprint density at radius 1 is 0.812 bits per heavy atom. The minimum absolute atomic E-state index is 0.283. The van der Waals surface area contributed by atoms with Gasteiger partial charge in [0.25, 0.3) is 0 Å². The molecule has 0 spiro atoms. The van der Waals surface area contributed by atoms with Crippen LogP contribution in [0.4, 0.5) is 8.78 Å². The van der Waals surface area contributed by atoms with E-state index in [0.29, 0.717) is 5.39 Å². The molecule has 0 heterocycles. The molecular weight excluding hydrogens is 398 g/mol. The monoisotopic (exact) mass is 428 g/mol. The highest BCUT2D eigenvalue weighted by Crippen LogP contribution is 2.34. The fourth-order valence-electron chi connectivity index (χ4n) is 4.78. The van der Waals surface area contributed by atoms with E-state index >= 15 is 0 Å². The molecule has 0 nitrogen and oxygen atoms in total. The van der Waals surface area contributed by atoms with Crippen LogP contribution in [0.3, 0.4) is 0 Å². The summed E-state index contributed by atoms with van der Waals surface area (Å²) in [7, 11) is 0. The van der Waals surface area contributed by atoms with Gasteiger partial charge in [-0.2, -0.15) is 0 Å². The number of hydrogen-bond donors (Lipinski definition) is 0. The average molecular weight is 429 g/mol. The highest BCUT2D eigenvalue weighted by molar-refractivity contribution is 5.84. The molecule has 32 heavy (non-hydrogen) atoms. The van der Waals surface area contributed by atoms with Crippen molar-refractivity contribution in [3.8, 4) is 11.8 Å². The molecule has 2 heteroatoms. The van der Waals surface area contributed by atoms with E-state index in [9.17, 15) is 8.78 Å². The molecule has 0 amide bonds. The Balaban J connectivity index is 1.31. The van der Waals surface area contributed by atoms with Gasteiger partial charge in [0.05, 0.1) is 0 Å². The highest BCUT2D eigenvalue weighted by Gasteiger charge is 2.20. The highest BCUT2D eigenvalue weighted by atomic mass is 19.2. The Labute approximate surface area is 190 Å². The van der Waals surface area contributed by atoms with Crippen molar-refractivity contribution in [3.05, 3.63) is 95.6 Å². The van der Waals surface area contributed by atoms with Gasteiger partial charge in [-0.15, -0.1) is 6.58 Å². The summed E-state index contributed by atoms with van der Waals surface area (Å²) in [6.45, 7) is 3.84. The van der Waals surface area contributed by atoms with Gasteiger partial charge < -0.3 is 0 Å². The lowest BCUT2D eigenvalue weighted by atomic mass is 9.78. The average Bonchev–Trinajstić information content (AvgIpc) is 2.84. The first-order chi connectivity index (χ1) is 15.6. The molecule has 0 aliphatic heterocycles. The van der Waals surface area contributed by atoms with E-state index < -0.39 is 11.6 Å².